The number of carbonyl (C=O) groups is 1. The molecule has 0 heterocycles. The zero-order valence-electron chi connectivity index (χ0n) is 12.1. The molecule has 6 nitrogen and oxygen atoms in total. The molecule has 0 saturated carbocycles. The van der Waals surface area contributed by atoms with Crippen LogP contribution in [0.25, 0.3) is 0 Å². The Kier molecular flexibility index (Phi) is 6.68. The quantitative estimate of drug-likeness (QED) is 0.350. The molecule has 2 N–H and O–H groups in total. The lowest BCUT2D eigenvalue weighted by molar-refractivity contribution is -0.899. The SMILES string of the molecule is C=C(C)C(=O)NCCCC(CC)([NH+](C)C)S(=O)(=O)[O-]. The monoisotopic (exact) mass is 292 g/mol. The van der Waals surface area contributed by atoms with Crippen LogP contribution in [0.3, 0.4) is 0 Å². The van der Waals surface area contributed by atoms with E-state index in [0.717, 1.165) is 0 Å². The number of nitrogens with one attached hydrogen (secondary N) is 2. The molecule has 112 valence electrons. The van der Waals surface area contributed by atoms with Crippen LogP contribution in [-0.4, -0.2) is 44.4 Å². The number of rotatable bonds is 8. The largest absolute Gasteiger partial charge is 0.743 e. The lowest BCUT2D eigenvalue weighted by atomic mass is 10.1. The summed E-state index contributed by atoms with van der Waals surface area (Å²) in [6.07, 6.45) is 0.892. The zero-order valence-corrected chi connectivity index (χ0v) is 12.9. The van der Waals surface area contributed by atoms with Crippen molar-refractivity contribution in [3.8, 4) is 0 Å². The molecule has 0 rings (SSSR count). The van der Waals surface area contributed by atoms with Crippen molar-refractivity contribution in [2.24, 2.45) is 0 Å². The van der Waals surface area contributed by atoms with Crippen LogP contribution in [0.4, 0.5) is 0 Å². The molecule has 0 aromatic carbocycles. The summed E-state index contributed by atoms with van der Waals surface area (Å²) >= 11 is 0. The van der Waals surface area contributed by atoms with E-state index in [1.54, 1.807) is 27.9 Å². The van der Waals surface area contributed by atoms with E-state index >= 15 is 0 Å². The van der Waals surface area contributed by atoms with Crippen molar-refractivity contribution in [3.05, 3.63) is 12.2 Å². The van der Waals surface area contributed by atoms with Crippen LogP contribution in [0.2, 0.25) is 0 Å². The van der Waals surface area contributed by atoms with Crippen LogP contribution in [0, 0.1) is 0 Å². The third-order valence-corrected chi connectivity index (χ3v) is 5.25. The minimum atomic E-state index is -4.41. The van der Waals surface area contributed by atoms with Crippen LogP contribution in [0.15, 0.2) is 12.2 Å². The lowest BCUT2D eigenvalue weighted by Crippen LogP contribution is -3.16. The van der Waals surface area contributed by atoms with Crippen LogP contribution < -0.4 is 10.2 Å². The van der Waals surface area contributed by atoms with E-state index in [0.29, 0.717) is 23.4 Å². The molecular weight excluding hydrogens is 268 g/mol. The smallest absolute Gasteiger partial charge is 0.246 e. The Morgan fingerprint density at radius 1 is 1.42 bits per heavy atom. The molecule has 19 heavy (non-hydrogen) atoms. The predicted molar refractivity (Wildman–Crippen MR) is 72.6 cm³/mol. The predicted octanol–water partition coefficient (Wildman–Crippen LogP) is -0.745. The fourth-order valence-electron chi connectivity index (χ4n) is 2.06. The average Bonchev–Trinajstić information content (AvgIpc) is 2.26. The van der Waals surface area contributed by atoms with Gasteiger partial charge in [-0.05, 0) is 13.3 Å². The van der Waals surface area contributed by atoms with Crippen molar-refractivity contribution in [2.45, 2.75) is 38.0 Å². The molecule has 0 aromatic heterocycles. The van der Waals surface area contributed by atoms with Crippen molar-refractivity contribution in [2.75, 3.05) is 20.6 Å². The summed E-state index contributed by atoms with van der Waals surface area (Å²) < 4.78 is 34.5. The third-order valence-electron chi connectivity index (χ3n) is 3.39. The number of amides is 1. The molecule has 0 aliphatic carbocycles. The molecular formula is C12H24N2O4S. The highest BCUT2D eigenvalue weighted by Gasteiger charge is 2.41. The van der Waals surface area contributed by atoms with Crippen LogP contribution in [0.1, 0.15) is 33.1 Å². The molecule has 0 saturated heterocycles. The molecule has 0 aliphatic rings. The third kappa shape index (κ3) is 4.59. The number of quaternary nitrogens is 1. The lowest BCUT2D eigenvalue weighted by Gasteiger charge is -2.37. The Morgan fingerprint density at radius 2 is 1.95 bits per heavy atom. The fourth-order valence-corrected chi connectivity index (χ4v) is 3.31. The molecule has 0 aromatic rings. The molecule has 0 aliphatic heterocycles. The number of carbonyl (C=O) groups excluding carboxylic acids is 1. The number of hydrogen-bond acceptors (Lipinski definition) is 4. The van der Waals surface area contributed by atoms with E-state index in [4.69, 9.17) is 0 Å². The maximum Gasteiger partial charge on any atom is 0.246 e. The van der Waals surface area contributed by atoms with Crippen molar-refractivity contribution in [1.29, 1.82) is 0 Å². The minimum absolute atomic E-state index is 0.216. The van der Waals surface area contributed by atoms with Gasteiger partial charge >= 0.3 is 0 Å². The Hall–Kier alpha value is -0.920. The highest BCUT2D eigenvalue weighted by Crippen LogP contribution is 2.19. The van der Waals surface area contributed by atoms with Crippen molar-refractivity contribution < 1.29 is 22.7 Å². The van der Waals surface area contributed by atoms with E-state index in [2.05, 4.69) is 11.9 Å². The molecule has 0 spiro atoms. The van der Waals surface area contributed by atoms with Crippen molar-refractivity contribution in [3.63, 3.8) is 0 Å². The van der Waals surface area contributed by atoms with Gasteiger partial charge in [-0.3, -0.25) is 4.79 Å². The molecule has 0 bridgehead atoms. The molecule has 7 heteroatoms. The molecule has 1 amide bonds. The van der Waals surface area contributed by atoms with Gasteiger partial charge in [-0.25, -0.2) is 8.42 Å². The average molecular weight is 292 g/mol. The van der Waals surface area contributed by atoms with Crippen LogP contribution in [-0.2, 0) is 14.9 Å². The first kappa shape index (κ1) is 18.1. The van der Waals surface area contributed by atoms with E-state index < -0.39 is 15.0 Å². The summed E-state index contributed by atoms with van der Waals surface area (Å²) in [5.74, 6) is -0.260. The molecule has 0 radical (unpaired) electrons. The van der Waals surface area contributed by atoms with Gasteiger partial charge in [0.15, 0.2) is 15.0 Å². The van der Waals surface area contributed by atoms with Gasteiger partial charge in [-0.2, -0.15) is 0 Å². The second kappa shape index (κ2) is 7.02. The van der Waals surface area contributed by atoms with Gasteiger partial charge in [-0.1, -0.05) is 13.5 Å². The Labute approximate surface area is 115 Å². The van der Waals surface area contributed by atoms with Gasteiger partial charge in [-0.15, -0.1) is 0 Å². The summed E-state index contributed by atoms with van der Waals surface area (Å²) in [4.78, 5) is 10.5. The first-order valence-electron chi connectivity index (χ1n) is 6.28. The van der Waals surface area contributed by atoms with Gasteiger partial charge in [0, 0.05) is 25.0 Å². The first-order chi connectivity index (χ1) is 8.58. The normalized spacial score (nSPS) is 15.1. The maximum absolute atomic E-state index is 11.5. The summed E-state index contributed by atoms with van der Waals surface area (Å²) in [6.45, 7) is 7.12. The van der Waals surface area contributed by atoms with Crippen LogP contribution in [0.5, 0.6) is 0 Å². The van der Waals surface area contributed by atoms with Gasteiger partial charge in [0.1, 0.15) is 0 Å². The molecule has 1 unspecified atom stereocenters. The van der Waals surface area contributed by atoms with Gasteiger partial charge in [0.05, 0.1) is 14.1 Å². The zero-order chi connectivity index (χ0) is 15.3. The van der Waals surface area contributed by atoms with E-state index in [1.807, 2.05) is 0 Å². The molecule has 1 atom stereocenters. The van der Waals surface area contributed by atoms with Gasteiger partial charge < -0.3 is 14.8 Å². The molecule has 0 fully saturated rings. The Bertz CT molecular complexity index is 431. The standard InChI is InChI=1S/C12H24N2O4S/c1-6-12(14(4)5,19(16,17)18)8-7-9-13-11(15)10(2)3/h2,6-9H2,1,3-5H3,(H,13,15)(H,16,17,18). The summed E-state index contributed by atoms with van der Waals surface area (Å²) in [5, 5.41) is 2.62. The highest BCUT2D eigenvalue weighted by molar-refractivity contribution is 7.86. The summed E-state index contributed by atoms with van der Waals surface area (Å²) in [7, 11) is -1.09. The second-order valence-electron chi connectivity index (χ2n) is 4.94. The van der Waals surface area contributed by atoms with Gasteiger partial charge in [0.2, 0.25) is 5.91 Å². The van der Waals surface area contributed by atoms with E-state index in [1.165, 1.54) is 0 Å². The number of hydrogen-bond donors (Lipinski definition) is 2. The first-order valence-corrected chi connectivity index (χ1v) is 7.69. The van der Waals surface area contributed by atoms with E-state index in [-0.39, 0.29) is 18.7 Å². The van der Waals surface area contributed by atoms with Crippen molar-refractivity contribution >= 4 is 16.0 Å². The minimum Gasteiger partial charge on any atom is -0.743 e. The highest BCUT2D eigenvalue weighted by atomic mass is 32.2. The summed E-state index contributed by atoms with van der Waals surface area (Å²) in [5.41, 5.74) is 0.399. The maximum atomic E-state index is 11.5. The van der Waals surface area contributed by atoms with Crippen molar-refractivity contribution in [1.82, 2.24) is 5.32 Å². The Balaban J connectivity index is 4.63. The van der Waals surface area contributed by atoms with E-state index in [9.17, 15) is 17.8 Å². The topological polar surface area (TPSA) is 90.7 Å². The summed E-state index contributed by atoms with van der Waals surface area (Å²) in [6, 6.07) is 0. The van der Waals surface area contributed by atoms with Crippen LogP contribution >= 0.6 is 0 Å². The second-order valence-corrected chi connectivity index (χ2v) is 6.63. The fraction of sp³-hybridized carbons (Fsp3) is 0.750. The Morgan fingerprint density at radius 3 is 2.26 bits per heavy atom. The van der Waals surface area contributed by atoms with Gasteiger partial charge in [0.25, 0.3) is 0 Å².